The summed E-state index contributed by atoms with van der Waals surface area (Å²) in [6, 6.07) is 17.0. The van der Waals surface area contributed by atoms with E-state index in [1.807, 2.05) is 36.4 Å². The number of nitriles is 1. The molecule has 0 unspecified atom stereocenters. The topological polar surface area (TPSA) is 45.9 Å². The van der Waals surface area contributed by atoms with Gasteiger partial charge in [0.15, 0.2) is 5.75 Å². The summed E-state index contributed by atoms with van der Waals surface area (Å²) in [4.78, 5) is 4.34. The zero-order valence-corrected chi connectivity index (χ0v) is 12.0. The van der Waals surface area contributed by atoms with Gasteiger partial charge < -0.3 is 4.74 Å². The van der Waals surface area contributed by atoms with Crippen molar-refractivity contribution in [1.82, 2.24) is 4.98 Å². The molecular formula is C16H9BrN2O. The normalized spacial score (nSPS) is 10.2. The third-order valence-electron chi connectivity index (χ3n) is 2.82. The van der Waals surface area contributed by atoms with Crippen LogP contribution in [0.2, 0.25) is 0 Å². The number of pyridine rings is 1. The Hall–Kier alpha value is -2.38. The molecule has 4 heteroatoms. The van der Waals surface area contributed by atoms with Crippen LogP contribution >= 0.6 is 15.9 Å². The van der Waals surface area contributed by atoms with Crippen LogP contribution in [0.25, 0.3) is 10.9 Å². The average molecular weight is 325 g/mol. The van der Waals surface area contributed by atoms with Gasteiger partial charge in [-0.05, 0) is 30.3 Å². The van der Waals surface area contributed by atoms with Crippen molar-refractivity contribution in [2.45, 2.75) is 0 Å². The Morgan fingerprint density at radius 1 is 1.10 bits per heavy atom. The van der Waals surface area contributed by atoms with E-state index >= 15 is 0 Å². The predicted molar refractivity (Wildman–Crippen MR) is 80.7 cm³/mol. The van der Waals surface area contributed by atoms with Crippen LogP contribution in [0, 0.1) is 11.3 Å². The van der Waals surface area contributed by atoms with E-state index in [1.54, 1.807) is 18.3 Å². The van der Waals surface area contributed by atoms with Gasteiger partial charge in [0, 0.05) is 16.1 Å². The first-order chi connectivity index (χ1) is 9.76. The van der Waals surface area contributed by atoms with E-state index in [4.69, 9.17) is 10.00 Å². The third kappa shape index (κ3) is 2.49. The fraction of sp³-hybridized carbons (Fsp3) is 0. The Morgan fingerprint density at radius 2 is 1.95 bits per heavy atom. The second-order valence-corrected chi connectivity index (χ2v) is 5.14. The Morgan fingerprint density at radius 3 is 2.80 bits per heavy atom. The van der Waals surface area contributed by atoms with E-state index in [-0.39, 0.29) is 0 Å². The number of benzene rings is 2. The van der Waals surface area contributed by atoms with Crippen molar-refractivity contribution in [1.29, 1.82) is 5.26 Å². The van der Waals surface area contributed by atoms with Crippen LogP contribution in [0.3, 0.4) is 0 Å². The maximum Gasteiger partial charge on any atom is 0.153 e. The van der Waals surface area contributed by atoms with Crippen molar-refractivity contribution in [3.05, 3.63) is 64.8 Å². The zero-order chi connectivity index (χ0) is 13.9. The number of fused-ring (bicyclic) bond motifs is 1. The lowest BCUT2D eigenvalue weighted by Gasteiger charge is -2.08. The molecule has 0 N–H and O–H groups in total. The van der Waals surface area contributed by atoms with Crippen LogP contribution < -0.4 is 4.74 Å². The van der Waals surface area contributed by atoms with Gasteiger partial charge in [-0.25, -0.2) is 0 Å². The Kier molecular flexibility index (Phi) is 3.36. The summed E-state index contributed by atoms with van der Waals surface area (Å²) in [5.41, 5.74) is 1.34. The monoisotopic (exact) mass is 324 g/mol. The lowest BCUT2D eigenvalue weighted by atomic mass is 10.2. The summed E-state index contributed by atoms with van der Waals surface area (Å²) in [5, 5.41) is 10.00. The molecular weight excluding hydrogens is 316 g/mol. The molecule has 0 aliphatic heterocycles. The first-order valence-electron chi connectivity index (χ1n) is 5.98. The summed E-state index contributed by atoms with van der Waals surface area (Å²) < 4.78 is 6.68. The predicted octanol–water partition coefficient (Wildman–Crippen LogP) is 4.66. The van der Waals surface area contributed by atoms with E-state index in [9.17, 15) is 0 Å². The van der Waals surface area contributed by atoms with E-state index < -0.39 is 0 Å². The molecule has 0 fully saturated rings. The van der Waals surface area contributed by atoms with Gasteiger partial charge in [-0.2, -0.15) is 5.26 Å². The maximum atomic E-state index is 8.99. The highest BCUT2D eigenvalue weighted by Crippen LogP contribution is 2.30. The smallest absolute Gasteiger partial charge is 0.153 e. The molecule has 0 spiro atoms. The van der Waals surface area contributed by atoms with Crippen molar-refractivity contribution in [3.63, 3.8) is 0 Å². The van der Waals surface area contributed by atoms with E-state index in [2.05, 4.69) is 27.0 Å². The van der Waals surface area contributed by atoms with Gasteiger partial charge in [0.2, 0.25) is 0 Å². The molecule has 3 aromatic rings. The van der Waals surface area contributed by atoms with E-state index in [0.29, 0.717) is 17.1 Å². The number of para-hydroxylation sites is 1. The molecule has 20 heavy (non-hydrogen) atoms. The lowest BCUT2D eigenvalue weighted by Crippen LogP contribution is -1.89. The summed E-state index contributed by atoms with van der Waals surface area (Å²) in [6.07, 6.45) is 1.73. The fourth-order valence-corrected chi connectivity index (χ4v) is 2.44. The Balaban J connectivity index is 2.06. The molecule has 0 bridgehead atoms. The summed E-state index contributed by atoms with van der Waals surface area (Å²) in [5.74, 6) is 1.28. The van der Waals surface area contributed by atoms with Crippen molar-refractivity contribution in [3.8, 4) is 17.6 Å². The Labute approximate surface area is 124 Å². The largest absolute Gasteiger partial charge is 0.455 e. The molecule has 96 valence electrons. The van der Waals surface area contributed by atoms with E-state index in [1.165, 1.54) is 0 Å². The molecule has 0 aliphatic rings. The van der Waals surface area contributed by atoms with Gasteiger partial charge in [0.25, 0.3) is 0 Å². The minimum Gasteiger partial charge on any atom is -0.455 e. The number of hydrogen-bond acceptors (Lipinski definition) is 3. The number of nitrogens with zero attached hydrogens (tertiary/aromatic N) is 2. The number of hydrogen-bond donors (Lipinski definition) is 0. The first kappa shape index (κ1) is 12.6. The molecule has 3 nitrogen and oxygen atoms in total. The standard InChI is InChI=1S/C16H9BrN2O/c17-13-7-11(10-18)8-14(9-13)20-15-5-1-3-12-4-2-6-19-16(12)15/h1-9H. The highest BCUT2D eigenvalue weighted by atomic mass is 79.9. The van der Waals surface area contributed by atoms with Gasteiger partial charge in [0.1, 0.15) is 11.3 Å². The molecule has 1 aromatic heterocycles. The number of ether oxygens (including phenoxy) is 1. The van der Waals surface area contributed by atoms with Gasteiger partial charge in [0.05, 0.1) is 11.6 Å². The molecule has 2 aromatic carbocycles. The highest BCUT2D eigenvalue weighted by molar-refractivity contribution is 9.10. The molecule has 0 aliphatic carbocycles. The van der Waals surface area contributed by atoms with Crippen LogP contribution in [-0.4, -0.2) is 4.98 Å². The molecule has 0 radical (unpaired) electrons. The first-order valence-corrected chi connectivity index (χ1v) is 6.78. The summed E-state index contributed by atoms with van der Waals surface area (Å²) in [6.45, 7) is 0. The molecule has 0 saturated heterocycles. The number of rotatable bonds is 2. The quantitative estimate of drug-likeness (QED) is 0.688. The molecule has 0 saturated carbocycles. The van der Waals surface area contributed by atoms with Gasteiger partial charge in [-0.1, -0.05) is 34.1 Å². The van der Waals surface area contributed by atoms with Crippen LogP contribution in [0.15, 0.2) is 59.2 Å². The van der Waals surface area contributed by atoms with E-state index in [0.717, 1.165) is 15.4 Å². The van der Waals surface area contributed by atoms with Crippen molar-refractivity contribution >= 4 is 26.8 Å². The van der Waals surface area contributed by atoms with Crippen molar-refractivity contribution in [2.75, 3.05) is 0 Å². The number of aromatic nitrogens is 1. The van der Waals surface area contributed by atoms with Gasteiger partial charge in [-0.15, -0.1) is 0 Å². The van der Waals surface area contributed by atoms with Crippen LogP contribution in [0.1, 0.15) is 5.56 Å². The zero-order valence-electron chi connectivity index (χ0n) is 10.4. The van der Waals surface area contributed by atoms with Crippen LogP contribution in [0.5, 0.6) is 11.5 Å². The summed E-state index contributed by atoms with van der Waals surface area (Å²) >= 11 is 3.37. The van der Waals surface area contributed by atoms with Gasteiger partial charge >= 0.3 is 0 Å². The second kappa shape index (κ2) is 5.32. The second-order valence-electron chi connectivity index (χ2n) is 4.22. The van der Waals surface area contributed by atoms with Gasteiger partial charge in [-0.3, -0.25) is 4.98 Å². The van der Waals surface area contributed by atoms with Crippen molar-refractivity contribution < 1.29 is 4.74 Å². The lowest BCUT2D eigenvalue weighted by molar-refractivity contribution is 0.486. The summed E-state index contributed by atoms with van der Waals surface area (Å²) in [7, 11) is 0. The fourth-order valence-electron chi connectivity index (χ4n) is 1.97. The molecule has 0 atom stereocenters. The Bertz CT molecular complexity index is 819. The van der Waals surface area contributed by atoms with Crippen LogP contribution in [-0.2, 0) is 0 Å². The average Bonchev–Trinajstić information content (AvgIpc) is 2.47. The SMILES string of the molecule is N#Cc1cc(Br)cc(Oc2cccc3cccnc23)c1. The minimum absolute atomic E-state index is 0.544. The molecule has 1 heterocycles. The van der Waals surface area contributed by atoms with Crippen LogP contribution in [0.4, 0.5) is 0 Å². The minimum atomic E-state index is 0.544. The molecule has 0 amide bonds. The van der Waals surface area contributed by atoms with Crippen molar-refractivity contribution in [2.24, 2.45) is 0 Å². The highest BCUT2D eigenvalue weighted by Gasteiger charge is 2.06. The molecule has 3 rings (SSSR count). The maximum absolute atomic E-state index is 8.99. The third-order valence-corrected chi connectivity index (χ3v) is 3.28. The number of halogens is 1.